The lowest BCUT2D eigenvalue weighted by Crippen LogP contribution is -2.42. The Morgan fingerprint density at radius 2 is 1.72 bits per heavy atom. The fourth-order valence-corrected chi connectivity index (χ4v) is 6.82. The van der Waals surface area contributed by atoms with Crippen LogP contribution in [0.4, 0.5) is 23.2 Å². The number of halogens is 4. The Kier molecular flexibility index (Phi) is 12.8. The van der Waals surface area contributed by atoms with Crippen LogP contribution < -0.4 is 24.8 Å². The molecule has 0 atom stereocenters. The number of rotatable bonds is 14. The van der Waals surface area contributed by atoms with Crippen LogP contribution in [0.15, 0.2) is 72.9 Å². The molecule has 1 aromatic heterocycles. The number of carbonyl (C=O) groups excluding carboxylic acids is 2. The summed E-state index contributed by atoms with van der Waals surface area (Å²) in [6, 6.07) is 15.6. The first-order chi connectivity index (χ1) is 25.2. The first-order valence-corrected chi connectivity index (χ1v) is 18.5. The molecule has 2 heterocycles. The SMILES string of the molecule is CCOc1cc(OCc2ccc(OC)cc2)ncc1-c1ccc(CC(=O)Nc2cc(C(=O)NCCN3CCS(O)(O)CC3)cc(C(F)(F)F)c2)c(F)c1. The molecule has 4 N–H and O–H groups in total. The van der Waals surface area contributed by atoms with E-state index in [-0.39, 0.29) is 47.4 Å². The Bertz CT molecular complexity index is 1900. The van der Waals surface area contributed by atoms with Crippen LogP contribution in [0.5, 0.6) is 17.4 Å². The van der Waals surface area contributed by atoms with E-state index in [9.17, 15) is 31.9 Å². The van der Waals surface area contributed by atoms with E-state index in [0.29, 0.717) is 61.0 Å². The molecule has 0 saturated carbocycles. The molecule has 0 radical (unpaired) electrons. The number of benzene rings is 3. The molecule has 284 valence electrons. The van der Waals surface area contributed by atoms with E-state index in [1.54, 1.807) is 26.2 Å². The van der Waals surface area contributed by atoms with E-state index >= 15 is 4.39 Å². The lowest BCUT2D eigenvalue weighted by Gasteiger charge is -2.40. The summed E-state index contributed by atoms with van der Waals surface area (Å²) in [4.78, 5) is 32.0. The molecule has 2 amide bonds. The molecule has 5 rings (SSSR count). The maximum atomic E-state index is 15.4. The van der Waals surface area contributed by atoms with Gasteiger partial charge in [-0.05, 0) is 60.0 Å². The minimum Gasteiger partial charge on any atom is -0.497 e. The van der Waals surface area contributed by atoms with Gasteiger partial charge in [-0.25, -0.2) is 9.37 Å². The summed E-state index contributed by atoms with van der Waals surface area (Å²) >= 11 is 0. The summed E-state index contributed by atoms with van der Waals surface area (Å²) in [5.74, 6) is -0.480. The zero-order valence-electron chi connectivity index (χ0n) is 29.0. The molecule has 16 heteroatoms. The smallest absolute Gasteiger partial charge is 0.416 e. The number of ether oxygens (including phenoxy) is 3. The van der Waals surface area contributed by atoms with Gasteiger partial charge in [-0.1, -0.05) is 24.3 Å². The summed E-state index contributed by atoms with van der Waals surface area (Å²) in [6.45, 7) is 3.65. The number of hydrogen-bond donors (Lipinski definition) is 4. The van der Waals surface area contributed by atoms with Gasteiger partial charge in [0, 0.05) is 55.3 Å². The van der Waals surface area contributed by atoms with Crippen molar-refractivity contribution in [2.45, 2.75) is 26.1 Å². The number of nitrogens with zero attached hydrogens (tertiary/aromatic N) is 2. The van der Waals surface area contributed by atoms with Crippen LogP contribution in [0.1, 0.15) is 34.0 Å². The molecule has 1 fully saturated rings. The molecule has 1 aliphatic heterocycles. The third-order valence-electron chi connectivity index (χ3n) is 8.39. The van der Waals surface area contributed by atoms with Crippen molar-refractivity contribution in [2.24, 2.45) is 0 Å². The first-order valence-electron chi connectivity index (χ1n) is 16.7. The van der Waals surface area contributed by atoms with E-state index < -0.39 is 46.4 Å². The van der Waals surface area contributed by atoms with Crippen molar-refractivity contribution in [1.29, 1.82) is 0 Å². The zero-order chi connectivity index (χ0) is 38.2. The maximum absolute atomic E-state index is 15.4. The molecular weight excluding hydrogens is 720 g/mol. The predicted molar refractivity (Wildman–Crippen MR) is 193 cm³/mol. The summed E-state index contributed by atoms with van der Waals surface area (Å²) in [5, 5.41) is 4.93. The van der Waals surface area contributed by atoms with Crippen molar-refractivity contribution < 1.29 is 50.5 Å². The Balaban J connectivity index is 1.23. The fraction of sp³-hybridized carbons (Fsp3) is 0.324. The van der Waals surface area contributed by atoms with E-state index in [0.717, 1.165) is 11.6 Å². The standard InChI is InChI=1S/C37H40F4N4O7S/c1-3-51-33-21-35(52-23-24-4-8-30(50-2)9-5-24)43-22-31(33)25-6-7-26(32(38)18-25)19-34(46)44-29-17-27(16-28(20-29)37(39,40)41)36(47)42-10-11-45-12-14-53(48,49)15-13-45/h4-9,16-18,20-22,48-49H,3,10-15,19,23H2,1-2H3,(H,42,47)(H,44,46). The van der Waals surface area contributed by atoms with Crippen molar-refractivity contribution in [2.75, 3.05) is 56.7 Å². The van der Waals surface area contributed by atoms with Crippen molar-refractivity contribution >= 4 is 28.1 Å². The van der Waals surface area contributed by atoms with Gasteiger partial charge in [-0.3, -0.25) is 23.6 Å². The molecule has 11 nitrogen and oxygen atoms in total. The van der Waals surface area contributed by atoms with Crippen LogP contribution in [0, 0.1) is 5.82 Å². The van der Waals surface area contributed by atoms with Crippen LogP contribution in [-0.2, 0) is 24.0 Å². The largest absolute Gasteiger partial charge is 0.497 e. The van der Waals surface area contributed by atoms with Gasteiger partial charge < -0.3 is 24.8 Å². The van der Waals surface area contributed by atoms with Gasteiger partial charge in [0.25, 0.3) is 5.91 Å². The molecule has 0 bridgehead atoms. The fourth-order valence-electron chi connectivity index (χ4n) is 5.52. The lowest BCUT2D eigenvalue weighted by atomic mass is 10.0. The molecule has 1 aliphatic rings. The summed E-state index contributed by atoms with van der Waals surface area (Å²) in [6.07, 6.45) is -3.83. The van der Waals surface area contributed by atoms with Gasteiger partial charge in [-0.2, -0.15) is 23.8 Å². The second kappa shape index (κ2) is 17.3. The summed E-state index contributed by atoms with van der Waals surface area (Å²) in [5.41, 5.74) is 0.00991. The van der Waals surface area contributed by atoms with Gasteiger partial charge >= 0.3 is 6.18 Å². The number of hydrogen-bond acceptors (Lipinski definition) is 9. The maximum Gasteiger partial charge on any atom is 0.416 e. The van der Waals surface area contributed by atoms with Crippen molar-refractivity contribution in [3.63, 3.8) is 0 Å². The third kappa shape index (κ3) is 11.1. The highest BCUT2D eigenvalue weighted by Crippen LogP contribution is 2.40. The normalized spacial score (nSPS) is 14.9. The number of aromatic nitrogens is 1. The highest BCUT2D eigenvalue weighted by Gasteiger charge is 2.32. The van der Waals surface area contributed by atoms with E-state index in [2.05, 4.69) is 15.6 Å². The topological polar surface area (TPSA) is 142 Å². The first kappa shape index (κ1) is 39.3. The highest BCUT2D eigenvalue weighted by molar-refractivity contribution is 8.24. The minimum atomic E-state index is -4.81. The molecule has 0 spiro atoms. The molecule has 1 saturated heterocycles. The molecule has 3 aromatic carbocycles. The van der Waals surface area contributed by atoms with E-state index in [4.69, 9.17) is 14.2 Å². The number of alkyl halides is 3. The number of amides is 2. The Morgan fingerprint density at radius 1 is 0.981 bits per heavy atom. The van der Waals surface area contributed by atoms with E-state index in [1.165, 1.54) is 18.3 Å². The molecular formula is C37H40F4N4O7S. The van der Waals surface area contributed by atoms with Crippen LogP contribution in [0.3, 0.4) is 0 Å². The molecule has 4 aromatic rings. The van der Waals surface area contributed by atoms with Crippen molar-refractivity contribution in [1.82, 2.24) is 15.2 Å². The average Bonchev–Trinajstić information content (AvgIpc) is 3.12. The molecule has 53 heavy (non-hydrogen) atoms. The Hall–Kier alpha value is -4.90. The van der Waals surface area contributed by atoms with Crippen molar-refractivity contribution in [3.05, 3.63) is 101 Å². The monoisotopic (exact) mass is 760 g/mol. The Morgan fingerprint density at radius 3 is 2.38 bits per heavy atom. The number of anilines is 1. The molecule has 0 unspecified atom stereocenters. The average molecular weight is 761 g/mol. The third-order valence-corrected chi connectivity index (χ3v) is 10.1. The highest BCUT2D eigenvalue weighted by atomic mass is 32.3. The second-order valence-electron chi connectivity index (χ2n) is 12.2. The van der Waals surface area contributed by atoms with E-state index in [1.807, 2.05) is 29.2 Å². The van der Waals surface area contributed by atoms with Gasteiger partial charge in [0.2, 0.25) is 11.8 Å². The summed E-state index contributed by atoms with van der Waals surface area (Å²) in [7, 11) is -1.01. The number of carbonyl (C=O) groups is 2. The van der Waals surface area contributed by atoms with Crippen molar-refractivity contribution in [3.8, 4) is 28.5 Å². The lowest BCUT2D eigenvalue weighted by molar-refractivity contribution is -0.137. The second-order valence-corrected chi connectivity index (χ2v) is 14.6. The van der Waals surface area contributed by atoms with Gasteiger partial charge in [0.1, 0.15) is 23.9 Å². The predicted octanol–water partition coefficient (Wildman–Crippen LogP) is 6.87. The van der Waals surface area contributed by atoms with Gasteiger partial charge in [0.05, 0.1) is 37.2 Å². The van der Waals surface area contributed by atoms with Crippen LogP contribution in [0.25, 0.3) is 11.1 Å². The number of nitrogens with one attached hydrogen (secondary N) is 2. The summed E-state index contributed by atoms with van der Waals surface area (Å²) < 4.78 is 92.9. The van der Waals surface area contributed by atoms with Crippen LogP contribution >= 0.6 is 10.6 Å². The van der Waals surface area contributed by atoms with Crippen LogP contribution in [0.2, 0.25) is 0 Å². The zero-order valence-corrected chi connectivity index (χ0v) is 29.9. The Labute approximate surface area is 305 Å². The van der Waals surface area contributed by atoms with Gasteiger partial charge in [-0.15, -0.1) is 0 Å². The molecule has 0 aliphatic carbocycles. The number of methoxy groups -OCH3 is 1. The van der Waals surface area contributed by atoms with Gasteiger partial charge in [0.15, 0.2) is 0 Å². The number of pyridine rings is 1. The van der Waals surface area contributed by atoms with Crippen LogP contribution in [-0.4, -0.2) is 82.2 Å². The minimum absolute atomic E-state index is 0.0134. The quantitative estimate of drug-likeness (QED) is 0.101.